The highest BCUT2D eigenvalue weighted by molar-refractivity contribution is 8.18. The molecule has 0 aliphatic carbocycles. The summed E-state index contributed by atoms with van der Waals surface area (Å²) < 4.78 is 15.7. The topological polar surface area (TPSA) is 115 Å². The van der Waals surface area contributed by atoms with Crippen LogP contribution in [-0.4, -0.2) is 48.7 Å². The Morgan fingerprint density at radius 3 is 2.50 bits per heavy atom. The van der Waals surface area contributed by atoms with Crippen LogP contribution >= 0.6 is 11.8 Å². The van der Waals surface area contributed by atoms with Crippen LogP contribution in [0, 0.1) is 6.92 Å². The number of carbonyl (C=O) groups is 4. The molecule has 36 heavy (non-hydrogen) atoms. The molecule has 0 unspecified atom stereocenters. The van der Waals surface area contributed by atoms with Crippen molar-refractivity contribution in [2.24, 2.45) is 0 Å². The lowest BCUT2D eigenvalue weighted by Crippen LogP contribution is -2.36. The van der Waals surface area contributed by atoms with E-state index in [1.54, 1.807) is 54.6 Å². The van der Waals surface area contributed by atoms with Gasteiger partial charge < -0.3 is 19.2 Å². The normalized spacial score (nSPS) is 14.3. The Kier molecular flexibility index (Phi) is 7.25. The monoisotopic (exact) mass is 506 g/mol. The molecule has 0 bridgehead atoms. The van der Waals surface area contributed by atoms with Gasteiger partial charge in [-0.15, -0.1) is 0 Å². The molecule has 9 nitrogen and oxygen atoms in total. The molecule has 1 saturated heterocycles. The van der Waals surface area contributed by atoms with Crippen molar-refractivity contribution in [1.82, 2.24) is 4.90 Å². The van der Waals surface area contributed by atoms with Crippen LogP contribution in [0.4, 0.5) is 10.5 Å². The van der Waals surface area contributed by atoms with Gasteiger partial charge in [0.25, 0.3) is 11.1 Å². The first kappa shape index (κ1) is 24.8. The fourth-order valence-corrected chi connectivity index (χ4v) is 4.31. The fraction of sp³-hybridized carbons (Fsp3) is 0.154. The van der Waals surface area contributed by atoms with Gasteiger partial charge in [0.1, 0.15) is 23.8 Å². The predicted molar refractivity (Wildman–Crippen MR) is 135 cm³/mol. The number of amides is 3. The maximum absolute atomic E-state index is 12.8. The van der Waals surface area contributed by atoms with Crippen molar-refractivity contribution in [3.8, 4) is 17.1 Å². The minimum absolute atomic E-state index is 0.137. The van der Waals surface area contributed by atoms with E-state index in [2.05, 4.69) is 5.32 Å². The summed E-state index contributed by atoms with van der Waals surface area (Å²) in [6, 6.07) is 15.2. The van der Waals surface area contributed by atoms with Gasteiger partial charge in [0.2, 0.25) is 5.91 Å². The molecule has 2 aromatic carbocycles. The number of rotatable bonds is 7. The molecule has 1 fully saturated rings. The third-order valence-corrected chi connectivity index (χ3v) is 6.28. The van der Waals surface area contributed by atoms with Gasteiger partial charge in [0, 0.05) is 17.3 Å². The van der Waals surface area contributed by atoms with E-state index in [0.717, 1.165) is 22.2 Å². The van der Waals surface area contributed by atoms with Crippen molar-refractivity contribution >= 4 is 46.5 Å². The number of furan rings is 1. The maximum Gasteiger partial charge on any atom is 0.337 e. The number of thioether (sulfide) groups is 1. The maximum atomic E-state index is 12.8. The summed E-state index contributed by atoms with van der Waals surface area (Å²) in [4.78, 5) is 50.5. The predicted octanol–water partition coefficient (Wildman–Crippen LogP) is 4.73. The summed E-state index contributed by atoms with van der Waals surface area (Å²) in [7, 11) is 2.84. The van der Waals surface area contributed by atoms with E-state index < -0.39 is 29.6 Å². The highest BCUT2D eigenvalue weighted by Crippen LogP contribution is 2.34. The van der Waals surface area contributed by atoms with Crippen molar-refractivity contribution in [1.29, 1.82) is 0 Å². The number of anilines is 1. The molecule has 10 heteroatoms. The number of carbonyl (C=O) groups excluding carboxylic acids is 4. The van der Waals surface area contributed by atoms with Gasteiger partial charge >= 0.3 is 5.97 Å². The summed E-state index contributed by atoms with van der Waals surface area (Å²) in [5.41, 5.74) is 2.47. The highest BCUT2D eigenvalue weighted by atomic mass is 32.2. The molecule has 2 heterocycles. The van der Waals surface area contributed by atoms with Gasteiger partial charge in [-0.25, -0.2) is 4.79 Å². The third kappa shape index (κ3) is 5.33. The van der Waals surface area contributed by atoms with Crippen LogP contribution in [-0.2, 0) is 14.3 Å². The van der Waals surface area contributed by atoms with E-state index in [1.807, 2.05) is 6.92 Å². The molecular formula is C26H22N2O7S. The Bertz CT molecular complexity index is 1380. The Balaban J connectivity index is 1.46. The lowest BCUT2D eigenvalue weighted by Gasteiger charge is -2.12. The van der Waals surface area contributed by atoms with Gasteiger partial charge in [-0.3, -0.25) is 19.3 Å². The molecule has 3 amide bonds. The van der Waals surface area contributed by atoms with E-state index in [1.165, 1.54) is 20.3 Å². The zero-order valence-corrected chi connectivity index (χ0v) is 20.5. The molecule has 3 aromatic rings. The molecule has 1 aromatic heterocycles. The summed E-state index contributed by atoms with van der Waals surface area (Å²) in [5.74, 6) is -0.0884. The summed E-state index contributed by atoms with van der Waals surface area (Å²) >= 11 is 0.728. The molecule has 184 valence electrons. The number of esters is 1. The van der Waals surface area contributed by atoms with E-state index in [-0.39, 0.29) is 4.91 Å². The molecule has 4 rings (SSSR count). The molecule has 1 aliphatic rings. The van der Waals surface area contributed by atoms with E-state index in [0.29, 0.717) is 34.1 Å². The van der Waals surface area contributed by atoms with Crippen molar-refractivity contribution < 1.29 is 33.1 Å². The van der Waals surface area contributed by atoms with Crippen molar-refractivity contribution in [2.45, 2.75) is 6.92 Å². The SMILES string of the molecule is COC(=O)c1ccc(C)c(-c2ccc(/C=C3/SC(=O)N(CC(=O)Nc4ccc(OC)cc4)C3=O)o2)c1. The Morgan fingerprint density at radius 1 is 1.06 bits per heavy atom. The highest BCUT2D eigenvalue weighted by Gasteiger charge is 2.36. The van der Waals surface area contributed by atoms with Gasteiger partial charge in [0.15, 0.2) is 0 Å². The van der Waals surface area contributed by atoms with Crippen molar-refractivity contribution in [2.75, 3.05) is 26.1 Å². The van der Waals surface area contributed by atoms with Crippen LogP contribution in [0.5, 0.6) is 5.75 Å². The average Bonchev–Trinajstić information content (AvgIpc) is 3.44. The van der Waals surface area contributed by atoms with Gasteiger partial charge in [-0.05, 0) is 72.8 Å². The van der Waals surface area contributed by atoms with Crippen molar-refractivity contribution in [3.05, 3.63) is 76.4 Å². The van der Waals surface area contributed by atoms with Crippen LogP contribution in [0.2, 0.25) is 0 Å². The number of hydrogen-bond donors (Lipinski definition) is 1. The minimum atomic E-state index is -0.586. The number of methoxy groups -OCH3 is 2. The standard InChI is InChI=1S/C26H22N2O7S/c1-15-4-5-16(25(31)34-3)12-20(15)21-11-10-19(35-21)13-22-24(30)28(26(32)36-22)14-23(29)27-17-6-8-18(33-2)9-7-17/h4-13H,14H2,1-3H3,(H,27,29)/b22-13+. The number of nitrogens with zero attached hydrogens (tertiary/aromatic N) is 1. The molecule has 0 spiro atoms. The fourth-order valence-electron chi connectivity index (χ4n) is 3.49. The second-order valence-electron chi connectivity index (χ2n) is 7.77. The first-order valence-electron chi connectivity index (χ1n) is 10.8. The number of ether oxygens (including phenoxy) is 2. The first-order valence-corrected chi connectivity index (χ1v) is 11.6. The van der Waals surface area contributed by atoms with Gasteiger partial charge in [-0.1, -0.05) is 6.07 Å². The molecule has 1 aliphatic heterocycles. The molecule has 0 atom stereocenters. The van der Waals surface area contributed by atoms with E-state index >= 15 is 0 Å². The van der Waals surface area contributed by atoms with Crippen LogP contribution in [0.25, 0.3) is 17.4 Å². The second-order valence-corrected chi connectivity index (χ2v) is 8.76. The quantitative estimate of drug-likeness (QED) is 0.361. The minimum Gasteiger partial charge on any atom is -0.497 e. The average molecular weight is 507 g/mol. The molecule has 1 N–H and O–H groups in total. The lowest BCUT2D eigenvalue weighted by atomic mass is 10.0. The van der Waals surface area contributed by atoms with Crippen LogP contribution in [0.1, 0.15) is 21.7 Å². The first-order chi connectivity index (χ1) is 17.3. The van der Waals surface area contributed by atoms with Crippen molar-refractivity contribution in [3.63, 3.8) is 0 Å². The number of nitrogens with one attached hydrogen (secondary N) is 1. The number of aryl methyl sites for hydroxylation is 1. The lowest BCUT2D eigenvalue weighted by molar-refractivity contribution is -0.127. The smallest absolute Gasteiger partial charge is 0.337 e. The van der Waals surface area contributed by atoms with E-state index in [4.69, 9.17) is 13.9 Å². The third-order valence-electron chi connectivity index (χ3n) is 5.37. The Labute approximate surface area is 211 Å². The van der Waals surface area contributed by atoms with Gasteiger partial charge in [0.05, 0.1) is 24.7 Å². The Hall–Kier alpha value is -4.31. The van der Waals surface area contributed by atoms with Crippen LogP contribution < -0.4 is 10.1 Å². The van der Waals surface area contributed by atoms with Gasteiger partial charge in [-0.2, -0.15) is 0 Å². The molecular weight excluding hydrogens is 484 g/mol. The summed E-state index contributed by atoms with van der Waals surface area (Å²) in [6.07, 6.45) is 1.45. The number of hydrogen-bond acceptors (Lipinski definition) is 8. The summed E-state index contributed by atoms with van der Waals surface area (Å²) in [6.45, 7) is 1.46. The summed E-state index contributed by atoms with van der Waals surface area (Å²) in [5, 5.41) is 2.10. The second kappa shape index (κ2) is 10.5. The largest absolute Gasteiger partial charge is 0.497 e. The number of benzene rings is 2. The zero-order chi connectivity index (χ0) is 25.8. The molecule has 0 saturated carbocycles. The van der Waals surface area contributed by atoms with E-state index in [9.17, 15) is 19.2 Å². The Morgan fingerprint density at radius 2 is 1.81 bits per heavy atom. The zero-order valence-electron chi connectivity index (χ0n) is 19.7. The van der Waals surface area contributed by atoms with Crippen LogP contribution in [0.3, 0.4) is 0 Å². The van der Waals surface area contributed by atoms with Crippen LogP contribution in [0.15, 0.2) is 63.9 Å². The molecule has 0 radical (unpaired) electrons. The number of imide groups is 1.